The molecule has 0 atom stereocenters. The lowest BCUT2D eigenvalue weighted by atomic mass is 10.1. The highest BCUT2D eigenvalue weighted by Gasteiger charge is 2.11. The number of hydrogen-bond donors (Lipinski definition) is 1. The van der Waals surface area contributed by atoms with Crippen LogP contribution < -0.4 is 14.8 Å². The Bertz CT molecular complexity index is 1190. The minimum Gasteiger partial charge on any atom is -0.497 e. The Balaban J connectivity index is 1.69. The van der Waals surface area contributed by atoms with Crippen molar-refractivity contribution < 1.29 is 14.3 Å². The second-order valence-corrected chi connectivity index (χ2v) is 8.10. The lowest BCUT2D eigenvalue weighted by Crippen LogP contribution is -2.13. The first kappa shape index (κ1) is 23.1. The average Bonchev–Trinajstić information content (AvgIpc) is 2.79. The van der Waals surface area contributed by atoms with E-state index in [0.717, 1.165) is 10.0 Å². The molecule has 0 heterocycles. The number of halogens is 1. The number of nitriles is 1. The number of nitrogens with one attached hydrogen (secondary N) is 1. The molecule has 0 bridgehead atoms. The van der Waals surface area contributed by atoms with Crippen molar-refractivity contribution in [1.29, 1.82) is 5.26 Å². The Labute approximate surface area is 196 Å². The summed E-state index contributed by atoms with van der Waals surface area (Å²) in [4.78, 5) is 12.5. The van der Waals surface area contributed by atoms with Crippen molar-refractivity contribution in [3.63, 3.8) is 0 Å². The van der Waals surface area contributed by atoms with Crippen LogP contribution in [0.25, 0.3) is 6.08 Å². The molecule has 0 unspecified atom stereocenters. The van der Waals surface area contributed by atoms with Gasteiger partial charge in [-0.3, -0.25) is 4.79 Å². The van der Waals surface area contributed by atoms with E-state index in [1.807, 2.05) is 24.3 Å². The zero-order chi connectivity index (χ0) is 23.1. The zero-order valence-corrected chi connectivity index (χ0v) is 19.7. The Kier molecular flexibility index (Phi) is 7.69. The van der Waals surface area contributed by atoms with Gasteiger partial charge in [0, 0.05) is 5.69 Å². The summed E-state index contributed by atoms with van der Waals surface area (Å²) in [7, 11) is 1.57. The first-order valence-corrected chi connectivity index (χ1v) is 10.7. The molecule has 0 saturated carbocycles. The molecule has 0 saturated heterocycles. The first-order chi connectivity index (χ1) is 15.4. The summed E-state index contributed by atoms with van der Waals surface area (Å²) < 4.78 is 11.8. The summed E-state index contributed by atoms with van der Waals surface area (Å²) in [5.74, 6) is 0.883. The summed E-state index contributed by atoms with van der Waals surface area (Å²) in [5, 5.41) is 12.2. The molecule has 0 aliphatic carbocycles. The molecule has 3 aromatic carbocycles. The monoisotopic (exact) mass is 490 g/mol. The van der Waals surface area contributed by atoms with Crippen LogP contribution in [0, 0.1) is 25.2 Å². The molecule has 3 rings (SSSR count). The molecular weight excluding hydrogens is 468 g/mol. The SMILES string of the molecule is COc1ccc(NC(=O)/C(C#N)=C/c2ccc(OCc3ccc(C)c(C)c3)c(Br)c2)cc1. The zero-order valence-electron chi connectivity index (χ0n) is 18.1. The molecule has 0 aliphatic rings. The molecule has 1 amide bonds. The third-order valence-corrected chi connectivity index (χ3v) is 5.57. The summed E-state index contributed by atoms with van der Waals surface area (Å²) in [6, 6.07) is 20.5. The van der Waals surface area contributed by atoms with Gasteiger partial charge in [0.15, 0.2) is 0 Å². The Morgan fingerprint density at radius 2 is 1.81 bits per heavy atom. The highest BCUT2D eigenvalue weighted by Crippen LogP contribution is 2.28. The van der Waals surface area contributed by atoms with Gasteiger partial charge >= 0.3 is 0 Å². The predicted octanol–water partition coefficient (Wildman–Crippen LogP) is 6.20. The van der Waals surface area contributed by atoms with E-state index in [-0.39, 0.29) is 5.57 Å². The van der Waals surface area contributed by atoms with Crippen molar-refractivity contribution in [3.8, 4) is 17.6 Å². The molecule has 0 fully saturated rings. The van der Waals surface area contributed by atoms with E-state index in [0.29, 0.717) is 29.4 Å². The van der Waals surface area contributed by atoms with E-state index >= 15 is 0 Å². The number of hydrogen-bond acceptors (Lipinski definition) is 4. The third-order valence-electron chi connectivity index (χ3n) is 4.95. The number of carbonyl (C=O) groups is 1. The molecule has 5 nitrogen and oxygen atoms in total. The van der Waals surface area contributed by atoms with Gasteiger partial charge in [-0.2, -0.15) is 5.26 Å². The van der Waals surface area contributed by atoms with Crippen LogP contribution in [0.4, 0.5) is 5.69 Å². The maximum Gasteiger partial charge on any atom is 0.266 e. The highest BCUT2D eigenvalue weighted by molar-refractivity contribution is 9.10. The Morgan fingerprint density at radius 3 is 2.44 bits per heavy atom. The van der Waals surface area contributed by atoms with Crippen molar-refractivity contribution in [2.45, 2.75) is 20.5 Å². The van der Waals surface area contributed by atoms with Crippen molar-refractivity contribution >= 4 is 33.6 Å². The molecule has 162 valence electrons. The molecule has 0 aromatic heterocycles. The normalized spacial score (nSPS) is 10.9. The maximum atomic E-state index is 12.5. The second kappa shape index (κ2) is 10.7. The smallest absolute Gasteiger partial charge is 0.266 e. The molecule has 0 aliphatic heterocycles. The van der Waals surface area contributed by atoms with Gasteiger partial charge in [-0.1, -0.05) is 24.3 Å². The summed E-state index contributed by atoms with van der Waals surface area (Å²) in [6.45, 7) is 4.60. The Morgan fingerprint density at radius 1 is 1.06 bits per heavy atom. The number of nitrogens with zero attached hydrogens (tertiary/aromatic N) is 1. The Hall–Kier alpha value is -3.56. The number of aryl methyl sites for hydroxylation is 2. The van der Waals surface area contributed by atoms with Crippen molar-refractivity contribution in [2.24, 2.45) is 0 Å². The van der Waals surface area contributed by atoms with Gasteiger partial charge in [0.2, 0.25) is 0 Å². The van der Waals surface area contributed by atoms with Gasteiger partial charge in [-0.15, -0.1) is 0 Å². The molecular formula is C26H23BrN2O3. The van der Waals surface area contributed by atoms with Gasteiger partial charge in [-0.05, 0) is 94.5 Å². The minimum absolute atomic E-state index is 0.00322. The largest absolute Gasteiger partial charge is 0.497 e. The van der Waals surface area contributed by atoms with E-state index in [1.54, 1.807) is 37.4 Å². The van der Waals surface area contributed by atoms with E-state index in [2.05, 4.69) is 47.2 Å². The fourth-order valence-corrected chi connectivity index (χ4v) is 3.48. The summed E-state index contributed by atoms with van der Waals surface area (Å²) in [6.07, 6.45) is 1.54. The van der Waals surface area contributed by atoms with Crippen LogP contribution in [-0.4, -0.2) is 13.0 Å². The van der Waals surface area contributed by atoms with Crippen LogP contribution in [0.5, 0.6) is 11.5 Å². The van der Waals surface area contributed by atoms with Gasteiger partial charge in [0.25, 0.3) is 5.91 Å². The first-order valence-electron chi connectivity index (χ1n) is 9.95. The van der Waals surface area contributed by atoms with Crippen LogP contribution >= 0.6 is 15.9 Å². The van der Waals surface area contributed by atoms with Crippen LogP contribution in [0.15, 0.2) is 70.7 Å². The summed E-state index contributed by atoms with van der Waals surface area (Å²) >= 11 is 3.51. The number of amides is 1. The fraction of sp³-hybridized carbons (Fsp3) is 0.154. The molecule has 32 heavy (non-hydrogen) atoms. The molecule has 6 heteroatoms. The standard InChI is InChI=1S/C26H23BrN2O3/c1-17-4-5-20(12-18(17)2)16-32-25-11-6-19(14-24(25)27)13-21(15-28)26(30)29-22-7-9-23(31-3)10-8-22/h4-14H,16H2,1-3H3,(H,29,30)/b21-13+. The molecule has 0 radical (unpaired) electrons. The average molecular weight is 491 g/mol. The predicted molar refractivity (Wildman–Crippen MR) is 130 cm³/mol. The number of ether oxygens (including phenoxy) is 2. The lowest BCUT2D eigenvalue weighted by molar-refractivity contribution is -0.112. The highest BCUT2D eigenvalue weighted by atomic mass is 79.9. The minimum atomic E-state index is -0.483. The van der Waals surface area contributed by atoms with Gasteiger partial charge in [0.05, 0.1) is 11.6 Å². The van der Waals surface area contributed by atoms with Crippen LogP contribution in [0.3, 0.4) is 0 Å². The second-order valence-electron chi connectivity index (χ2n) is 7.25. The number of benzene rings is 3. The molecule has 3 aromatic rings. The van der Waals surface area contributed by atoms with Gasteiger partial charge in [-0.25, -0.2) is 0 Å². The summed E-state index contributed by atoms with van der Waals surface area (Å²) in [5.41, 5.74) is 4.84. The quantitative estimate of drug-likeness (QED) is 0.316. The van der Waals surface area contributed by atoms with E-state index in [1.165, 1.54) is 17.2 Å². The maximum absolute atomic E-state index is 12.5. The van der Waals surface area contributed by atoms with Crippen molar-refractivity contribution in [3.05, 3.63) is 93.0 Å². The molecule has 0 spiro atoms. The van der Waals surface area contributed by atoms with Crippen LogP contribution in [0.1, 0.15) is 22.3 Å². The topological polar surface area (TPSA) is 71.3 Å². The number of methoxy groups -OCH3 is 1. The van der Waals surface area contributed by atoms with Crippen LogP contribution in [-0.2, 0) is 11.4 Å². The number of carbonyl (C=O) groups excluding carboxylic acids is 1. The number of rotatable bonds is 7. The molecule has 1 N–H and O–H groups in total. The van der Waals surface area contributed by atoms with Gasteiger partial charge in [0.1, 0.15) is 29.7 Å². The van der Waals surface area contributed by atoms with Crippen molar-refractivity contribution in [1.82, 2.24) is 0 Å². The van der Waals surface area contributed by atoms with E-state index in [9.17, 15) is 10.1 Å². The number of anilines is 1. The lowest BCUT2D eigenvalue weighted by Gasteiger charge is -2.10. The van der Waals surface area contributed by atoms with Gasteiger partial charge < -0.3 is 14.8 Å². The van der Waals surface area contributed by atoms with Crippen molar-refractivity contribution in [2.75, 3.05) is 12.4 Å². The van der Waals surface area contributed by atoms with E-state index < -0.39 is 5.91 Å². The fourth-order valence-electron chi connectivity index (χ4n) is 2.97. The van der Waals surface area contributed by atoms with E-state index in [4.69, 9.17) is 9.47 Å². The third kappa shape index (κ3) is 5.99. The van der Waals surface area contributed by atoms with Crippen LogP contribution in [0.2, 0.25) is 0 Å².